The first-order valence-corrected chi connectivity index (χ1v) is 7.23. The van der Waals surface area contributed by atoms with Crippen LogP contribution in [0.25, 0.3) is 0 Å². The van der Waals surface area contributed by atoms with E-state index in [2.05, 4.69) is 13.8 Å². The Morgan fingerprint density at radius 1 is 1.11 bits per heavy atom. The largest absolute Gasteiger partial charge is 0.381 e. The van der Waals surface area contributed by atoms with Crippen LogP contribution in [0.3, 0.4) is 0 Å². The van der Waals surface area contributed by atoms with Crippen molar-refractivity contribution in [2.45, 2.75) is 59.0 Å². The Labute approximate surface area is 111 Å². The highest BCUT2D eigenvalue weighted by Crippen LogP contribution is 2.44. The van der Waals surface area contributed by atoms with E-state index in [0.717, 1.165) is 32.5 Å². The van der Waals surface area contributed by atoms with Gasteiger partial charge in [-0.15, -0.1) is 0 Å². The van der Waals surface area contributed by atoms with Gasteiger partial charge in [0.25, 0.3) is 0 Å². The Balaban J connectivity index is 2.20. The molecule has 0 aromatic heterocycles. The number of hydrogen-bond donors (Lipinski definition) is 0. The summed E-state index contributed by atoms with van der Waals surface area (Å²) in [5.41, 5.74) is 0. The summed E-state index contributed by atoms with van der Waals surface area (Å²) in [6.07, 6.45) is 3.30. The molecule has 4 heteroatoms. The SMILES string of the molecule is CCCOCCCC(C)C1OC1(OCC)OCC. The lowest BCUT2D eigenvalue weighted by atomic mass is 10.0. The van der Waals surface area contributed by atoms with Crippen LogP contribution in [-0.4, -0.2) is 38.5 Å². The summed E-state index contributed by atoms with van der Waals surface area (Å²) < 4.78 is 22.3. The minimum atomic E-state index is -0.757. The van der Waals surface area contributed by atoms with E-state index in [4.69, 9.17) is 18.9 Å². The topological polar surface area (TPSA) is 40.2 Å². The third-order valence-electron chi connectivity index (χ3n) is 3.09. The van der Waals surface area contributed by atoms with Crippen molar-refractivity contribution in [2.24, 2.45) is 5.92 Å². The molecule has 0 spiro atoms. The molecular weight excluding hydrogens is 232 g/mol. The van der Waals surface area contributed by atoms with Crippen molar-refractivity contribution < 1.29 is 18.9 Å². The highest BCUT2D eigenvalue weighted by Gasteiger charge is 2.62. The molecule has 1 heterocycles. The molecule has 1 aliphatic rings. The van der Waals surface area contributed by atoms with Crippen LogP contribution in [0.15, 0.2) is 0 Å². The Bertz CT molecular complexity index is 214. The van der Waals surface area contributed by atoms with Gasteiger partial charge >= 0.3 is 5.97 Å². The zero-order valence-electron chi connectivity index (χ0n) is 12.2. The molecule has 1 rings (SSSR count). The molecule has 0 amide bonds. The van der Waals surface area contributed by atoms with Gasteiger partial charge in [-0.1, -0.05) is 13.8 Å². The molecule has 0 aliphatic carbocycles. The molecule has 0 aromatic carbocycles. The fourth-order valence-electron chi connectivity index (χ4n) is 2.19. The average molecular weight is 260 g/mol. The molecule has 1 fully saturated rings. The molecule has 0 bridgehead atoms. The lowest BCUT2D eigenvalue weighted by Crippen LogP contribution is -2.27. The molecule has 0 N–H and O–H groups in total. The molecule has 1 aliphatic heterocycles. The van der Waals surface area contributed by atoms with Gasteiger partial charge in [-0.3, -0.25) is 0 Å². The third-order valence-corrected chi connectivity index (χ3v) is 3.09. The van der Waals surface area contributed by atoms with Gasteiger partial charge in [-0.25, -0.2) is 0 Å². The van der Waals surface area contributed by atoms with E-state index in [1.54, 1.807) is 0 Å². The minimum absolute atomic E-state index is 0.0728. The number of epoxide rings is 1. The first-order chi connectivity index (χ1) is 8.70. The monoisotopic (exact) mass is 260 g/mol. The second-order valence-electron chi connectivity index (χ2n) is 4.74. The zero-order chi connectivity index (χ0) is 13.4. The van der Waals surface area contributed by atoms with Gasteiger partial charge in [0.05, 0.1) is 0 Å². The Hall–Kier alpha value is -0.160. The van der Waals surface area contributed by atoms with Gasteiger partial charge in [-0.05, 0) is 39.0 Å². The lowest BCUT2D eigenvalue weighted by molar-refractivity contribution is -0.223. The Kier molecular flexibility index (Phi) is 7.15. The molecule has 18 heavy (non-hydrogen) atoms. The van der Waals surface area contributed by atoms with Gasteiger partial charge in [-0.2, -0.15) is 0 Å². The molecule has 0 radical (unpaired) electrons. The number of hydrogen-bond acceptors (Lipinski definition) is 4. The summed E-state index contributed by atoms with van der Waals surface area (Å²) in [5.74, 6) is -0.318. The van der Waals surface area contributed by atoms with Crippen molar-refractivity contribution in [3.05, 3.63) is 0 Å². The fraction of sp³-hybridized carbons (Fsp3) is 1.00. The van der Waals surface area contributed by atoms with Crippen molar-refractivity contribution in [3.8, 4) is 0 Å². The summed E-state index contributed by atoms with van der Waals surface area (Å²) >= 11 is 0. The van der Waals surface area contributed by atoms with Crippen LogP contribution >= 0.6 is 0 Å². The first-order valence-electron chi connectivity index (χ1n) is 7.23. The predicted octanol–water partition coefficient (Wildman–Crippen LogP) is 2.95. The quantitative estimate of drug-likeness (QED) is 0.325. The van der Waals surface area contributed by atoms with Gasteiger partial charge in [0.1, 0.15) is 6.10 Å². The maximum atomic E-state index is 5.64. The summed E-state index contributed by atoms with van der Waals surface area (Å²) in [6.45, 7) is 11.2. The second-order valence-corrected chi connectivity index (χ2v) is 4.74. The molecule has 0 aromatic rings. The summed E-state index contributed by atoms with van der Waals surface area (Å²) in [6, 6.07) is 0. The van der Waals surface area contributed by atoms with Crippen LogP contribution in [0.2, 0.25) is 0 Å². The van der Waals surface area contributed by atoms with Gasteiger partial charge in [0, 0.05) is 26.4 Å². The molecule has 2 unspecified atom stereocenters. The van der Waals surface area contributed by atoms with E-state index in [1.165, 1.54) is 0 Å². The molecule has 2 atom stereocenters. The third kappa shape index (κ3) is 4.50. The van der Waals surface area contributed by atoms with Crippen LogP contribution in [-0.2, 0) is 18.9 Å². The Morgan fingerprint density at radius 3 is 2.33 bits per heavy atom. The van der Waals surface area contributed by atoms with Gasteiger partial charge in [0.15, 0.2) is 0 Å². The van der Waals surface area contributed by atoms with Crippen molar-refractivity contribution in [1.29, 1.82) is 0 Å². The van der Waals surface area contributed by atoms with E-state index in [1.807, 2.05) is 13.8 Å². The van der Waals surface area contributed by atoms with Crippen molar-refractivity contribution in [1.82, 2.24) is 0 Å². The molecule has 0 saturated carbocycles. The van der Waals surface area contributed by atoms with Crippen LogP contribution in [0.4, 0.5) is 0 Å². The van der Waals surface area contributed by atoms with Crippen LogP contribution < -0.4 is 0 Å². The van der Waals surface area contributed by atoms with Crippen molar-refractivity contribution in [2.75, 3.05) is 26.4 Å². The normalized spacial score (nSPS) is 23.0. The van der Waals surface area contributed by atoms with E-state index >= 15 is 0 Å². The lowest BCUT2D eigenvalue weighted by Gasteiger charge is -2.15. The maximum absolute atomic E-state index is 5.64. The predicted molar refractivity (Wildman–Crippen MR) is 70.4 cm³/mol. The van der Waals surface area contributed by atoms with Gasteiger partial charge in [0.2, 0.25) is 0 Å². The molecular formula is C14H28O4. The van der Waals surface area contributed by atoms with Crippen LogP contribution in [0.5, 0.6) is 0 Å². The highest BCUT2D eigenvalue weighted by molar-refractivity contribution is 4.90. The van der Waals surface area contributed by atoms with E-state index in [0.29, 0.717) is 19.1 Å². The second kappa shape index (κ2) is 8.10. The Morgan fingerprint density at radius 2 is 1.78 bits per heavy atom. The van der Waals surface area contributed by atoms with Crippen molar-refractivity contribution >= 4 is 0 Å². The molecule has 4 nitrogen and oxygen atoms in total. The van der Waals surface area contributed by atoms with E-state index in [-0.39, 0.29) is 6.10 Å². The number of ether oxygens (including phenoxy) is 4. The number of rotatable bonds is 11. The van der Waals surface area contributed by atoms with Crippen LogP contribution in [0, 0.1) is 5.92 Å². The maximum Gasteiger partial charge on any atom is 0.311 e. The minimum Gasteiger partial charge on any atom is -0.381 e. The van der Waals surface area contributed by atoms with E-state index < -0.39 is 5.97 Å². The van der Waals surface area contributed by atoms with E-state index in [9.17, 15) is 0 Å². The smallest absolute Gasteiger partial charge is 0.311 e. The summed E-state index contributed by atoms with van der Waals surface area (Å²) in [5, 5.41) is 0. The molecule has 1 saturated heterocycles. The fourth-order valence-corrected chi connectivity index (χ4v) is 2.19. The summed E-state index contributed by atoms with van der Waals surface area (Å²) in [4.78, 5) is 0. The summed E-state index contributed by atoms with van der Waals surface area (Å²) in [7, 11) is 0. The standard InChI is InChI=1S/C14H28O4/c1-5-10-15-11-8-9-12(4)13-14(18-13,16-6-2)17-7-3/h12-13H,5-11H2,1-4H3. The van der Waals surface area contributed by atoms with Gasteiger partial charge < -0.3 is 18.9 Å². The van der Waals surface area contributed by atoms with Crippen LogP contribution in [0.1, 0.15) is 47.0 Å². The van der Waals surface area contributed by atoms with Crippen molar-refractivity contribution in [3.63, 3.8) is 0 Å². The first kappa shape index (κ1) is 15.9. The molecule has 108 valence electrons. The highest BCUT2D eigenvalue weighted by atomic mass is 16.9. The zero-order valence-corrected chi connectivity index (χ0v) is 12.2. The average Bonchev–Trinajstić information content (AvgIpc) is 3.04.